The van der Waals surface area contributed by atoms with Crippen LogP contribution in [0.5, 0.6) is 0 Å². The third kappa shape index (κ3) is 4.55. The number of carbonyl (C=O) groups excluding carboxylic acids is 1. The van der Waals surface area contributed by atoms with Gasteiger partial charge in [0, 0.05) is 6.61 Å². The predicted octanol–water partition coefficient (Wildman–Crippen LogP) is -3.59. The summed E-state index contributed by atoms with van der Waals surface area (Å²) in [6.45, 7) is 3.99. The molecule has 0 fully saturated rings. The van der Waals surface area contributed by atoms with E-state index in [-0.39, 0.29) is 18.3 Å². The lowest BCUT2D eigenvalue weighted by Gasteiger charge is -2.07. The number of nitrogens with one attached hydrogen (secondary N) is 1. The Morgan fingerprint density at radius 2 is 2.30 bits per heavy atom. The van der Waals surface area contributed by atoms with E-state index in [2.05, 4.69) is 0 Å². The molecule has 3 N–H and O–H groups in total. The van der Waals surface area contributed by atoms with Gasteiger partial charge in [-0.1, -0.05) is 0 Å². The summed E-state index contributed by atoms with van der Waals surface area (Å²) in [5.74, 6) is 4.53. The summed E-state index contributed by atoms with van der Waals surface area (Å²) in [5.41, 5.74) is 1.99. The molecule has 0 saturated carbocycles. The van der Waals surface area contributed by atoms with Gasteiger partial charge in [-0.25, -0.2) is 5.84 Å². The van der Waals surface area contributed by atoms with Crippen LogP contribution >= 0.6 is 0 Å². The predicted molar refractivity (Wildman–Crippen MR) is 33.4 cm³/mol. The summed E-state index contributed by atoms with van der Waals surface area (Å²) in [5, 5.41) is 0. The Labute approximate surface area is 66.5 Å². The second kappa shape index (κ2) is 6.80. The average molecular weight is 168 g/mol. The first-order valence-corrected chi connectivity index (χ1v) is 2.84. The molecule has 0 aromatic rings. The molecule has 4 nitrogen and oxygen atoms in total. The molecule has 0 radical (unpaired) electrons. The van der Waals surface area contributed by atoms with E-state index >= 15 is 0 Å². The van der Waals surface area contributed by atoms with Crippen molar-refractivity contribution in [2.75, 3.05) is 6.61 Å². The van der Waals surface area contributed by atoms with Crippen molar-refractivity contribution in [2.24, 2.45) is 5.84 Å². The second-order valence-electron chi connectivity index (χ2n) is 1.61. The van der Waals surface area contributed by atoms with Crippen molar-refractivity contribution in [1.82, 2.24) is 5.43 Å². The summed E-state index contributed by atoms with van der Waals surface area (Å²) < 4.78 is 4.90. The first-order valence-electron chi connectivity index (χ1n) is 2.84. The summed E-state index contributed by atoms with van der Waals surface area (Å²) in [6.07, 6.45) is -0.444. The molecule has 5 heteroatoms. The van der Waals surface area contributed by atoms with E-state index in [1.54, 1.807) is 6.92 Å². The maximum Gasteiger partial charge on any atom is 0.262 e. The SMILES string of the molecule is CCOC(C)C(=O)NN.[Cl-]. The number of amides is 1. The van der Waals surface area contributed by atoms with Gasteiger partial charge in [0.15, 0.2) is 0 Å². The average Bonchev–Trinajstić information content (AvgIpc) is 1.87. The smallest absolute Gasteiger partial charge is 0.262 e. The van der Waals surface area contributed by atoms with Crippen molar-refractivity contribution in [3.8, 4) is 0 Å². The van der Waals surface area contributed by atoms with E-state index in [4.69, 9.17) is 10.6 Å². The molecule has 0 saturated heterocycles. The standard InChI is InChI=1S/C5H12N2O2.ClH/c1-3-9-4(2)5(8)7-6;/h4H,3,6H2,1-2H3,(H,7,8);1H/p-1. The normalized spacial score (nSPS) is 11.5. The van der Waals surface area contributed by atoms with Crippen LogP contribution in [0.15, 0.2) is 0 Å². The van der Waals surface area contributed by atoms with Crippen molar-refractivity contribution >= 4 is 5.91 Å². The van der Waals surface area contributed by atoms with E-state index in [0.29, 0.717) is 6.61 Å². The maximum absolute atomic E-state index is 10.5. The molecular formula is C5H12ClN2O2-. The Kier molecular flexibility index (Phi) is 8.40. The lowest BCUT2D eigenvalue weighted by molar-refractivity contribution is -0.131. The quantitative estimate of drug-likeness (QED) is 0.260. The van der Waals surface area contributed by atoms with Gasteiger partial charge in [-0.05, 0) is 13.8 Å². The van der Waals surface area contributed by atoms with Gasteiger partial charge in [0.25, 0.3) is 5.91 Å². The zero-order valence-corrected chi connectivity index (χ0v) is 6.81. The number of hydrazine groups is 1. The van der Waals surface area contributed by atoms with Crippen LogP contribution in [0.2, 0.25) is 0 Å². The van der Waals surface area contributed by atoms with Crippen LogP contribution in [0.3, 0.4) is 0 Å². The Morgan fingerprint density at radius 3 is 2.60 bits per heavy atom. The number of hydrogen-bond donors (Lipinski definition) is 2. The Bertz CT molecular complexity index is 99.6. The summed E-state index contributed by atoms with van der Waals surface area (Å²) >= 11 is 0. The minimum atomic E-state index is -0.444. The zero-order chi connectivity index (χ0) is 7.28. The Balaban J connectivity index is 0. The number of halogens is 1. The third-order valence-electron chi connectivity index (χ3n) is 0.928. The molecule has 1 amide bonds. The van der Waals surface area contributed by atoms with Crippen LogP contribution in [0, 0.1) is 0 Å². The maximum atomic E-state index is 10.5. The molecule has 0 aliphatic heterocycles. The molecule has 0 bridgehead atoms. The second-order valence-corrected chi connectivity index (χ2v) is 1.61. The number of hydrogen-bond acceptors (Lipinski definition) is 3. The number of ether oxygens (including phenoxy) is 1. The highest BCUT2D eigenvalue weighted by Gasteiger charge is 2.08. The van der Waals surface area contributed by atoms with E-state index in [9.17, 15) is 4.79 Å². The molecular weight excluding hydrogens is 156 g/mol. The summed E-state index contributed by atoms with van der Waals surface area (Å²) in [4.78, 5) is 10.5. The first kappa shape index (κ1) is 12.4. The Morgan fingerprint density at radius 1 is 1.80 bits per heavy atom. The minimum Gasteiger partial charge on any atom is -1.00 e. The number of rotatable bonds is 3. The first-order chi connectivity index (χ1) is 4.22. The van der Waals surface area contributed by atoms with Crippen LogP contribution in [0.4, 0.5) is 0 Å². The molecule has 1 atom stereocenters. The van der Waals surface area contributed by atoms with Crippen LogP contribution < -0.4 is 23.7 Å². The van der Waals surface area contributed by atoms with Crippen molar-refractivity contribution in [3.05, 3.63) is 0 Å². The molecule has 0 spiro atoms. The lowest BCUT2D eigenvalue weighted by Crippen LogP contribution is -3.00. The number of nitrogens with two attached hydrogens (primary N) is 1. The zero-order valence-electron chi connectivity index (χ0n) is 6.06. The minimum absolute atomic E-state index is 0. The van der Waals surface area contributed by atoms with Crippen LogP contribution in [0.1, 0.15) is 13.8 Å². The van der Waals surface area contributed by atoms with Gasteiger partial charge >= 0.3 is 0 Å². The fourth-order valence-electron chi connectivity index (χ4n) is 0.443. The van der Waals surface area contributed by atoms with Crippen LogP contribution in [0.25, 0.3) is 0 Å². The third-order valence-corrected chi connectivity index (χ3v) is 0.928. The molecule has 0 aromatic carbocycles. The van der Waals surface area contributed by atoms with E-state index in [1.165, 1.54) is 0 Å². The fraction of sp³-hybridized carbons (Fsp3) is 0.800. The largest absolute Gasteiger partial charge is 1.00 e. The van der Waals surface area contributed by atoms with Crippen molar-refractivity contribution in [3.63, 3.8) is 0 Å². The van der Waals surface area contributed by atoms with E-state index in [0.717, 1.165) is 0 Å². The summed E-state index contributed by atoms with van der Waals surface area (Å²) in [6, 6.07) is 0. The molecule has 0 heterocycles. The van der Waals surface area contributed by atoms with E-state index < -0.39 is 6.10 Å². The highest BCUT2D eigenvalue weighted by Crippen LogP contribution is 1.87. The van der Waals surface area contributed by atoms with E-state index in [1.807, 2.05) is 12.3 Å². The molecule has 10 heavy (non-hydrogen) atoms. The topological polar surface area (TPSA) is 64.3 Å². The molecule has 62 valence electrons. The molecule has 1 unspecified atom stereocenters. The highest BCUT2D eigenvalue weighted by molar-refractivity contribution is 5.79. The summed E-state index contributed by atoms with van der Waals surface area (Å²) in [7, 11) is 0. The van der Waals surface area contributed by atoms with Crippen LogP contribution in [-0.4, -0.2) is 18.6 Å². The molecule has 0 aliphatic rings. The van der Waals surface area contributed by atoms with Crippen molar-refractivity contribution in [2.45, 2.75) is 20.0 Å². The van der Waals surface area contributed by atoms with Gasteiger partial charge in [0.2, 0.25) is 0 Å². The van der Waals surface area contributed by atoms with Gasteiger partial charge in [-0.2, -0.15) is 0 Å². The highest BCUT2D eigenvalue weighted by atomic mass is 35.5. The van der Waals surface area contributed by atoms with Gasteiger partial charge in [-0.3, -0.25) is 10.2 Å². The van der Waals surface area contributed by atoms with Crippen LogP contribution in [-0.2, 0) is 9.53 Å². The Hall–Kier alpha value is -0.320. The van der Waals surface area contributed by atoms with Crippen molar-refractivity contribution < 1.29 is 21.9 Å². The molecule has 0 aliphatic carbocycles. The van der Waals surface area contributed by atoms with Gasteiger partial charge < -0.3 is 17.1 Å². The van der Waals surface area contributed by atoms with Gasteiger partial charge in [-0.15, -0.1) is 0 Å². The molecule has 0 aromatic heterocycles. The lowest BCUT2D eigenvalue weighted by atomic mass is 10.4. The van der Waals surface area contributed by atoms with Gasteiger partial charge in [0.05, 0.1) is 0 Å². The fourth-order valence-corrected chi connectivity index (χ4v) is 0.443. The van der Waals surface area contributed by atoms with Crippen molar-refractivity contribution in [1.29, 1.82) is 0 Å². The number of carbonyl (C=O) groups is 1. The van der Waals surface area contributed by atoms with Gasteiger partial charge in [0.1, 0.15) is 6.10 Å². The molecule has 0 rings (SSSR count). The monoisotopic (exact) mass is 167 g/mol.